The van der Waals surface area contributed by atoms with E-state index >= 15 is 0 Å². The quantitative estimate of drug-likeness (QED) is 0.775. The van der Waals surface area contributed by atoms with Crippen LogP contribution in [0.5, 0.6) is 5.75 Å². The minimum absolute atomic E-state index is 0.567. The standard InChI is InChI=1S/C23H26O4/c1-26-17-8-5-7-16(15-17)22-18(11-14-23(25)12-3-2-4-13-23)21-19(24)9-6-10-20(21)27-22/h5,7-8,15,19,24-25H,2-4,6,9-10,12-13H2,1H3. The Kier molecular flexibility index (Phi) is 4.99. The van der Waals surface area contributed by atoms with E-state index in [1.54, 1.807) is 7.11 Å². The van der Waals surface area contributed by atoms with Gasteiger partial charge in [0.15, 0.2) is 0 Å². The number of hydrogen-bond acceptors (Lipinski definition) is 4. The van der Waals surface area contributed by atoms with Gasteiger partial charge in [0, 0.05) is 17.5 Å². The van der Waals surface area contributed by atoms with Crippen LogP contribution in [0.3, 0.4) is 0 Å². The van der Waals surface area contributed by atoms with E-state index in [0.717, 1.165) is 54.7 Å². The van der Waals surface area contributed by atoms with E-state index in [9.17, 15) is 10.2 Å². The third-order valence-electron chi connectivity index (χ3n) is 5.67. The summed E-state index contributed by atoms with van der Waals surface area (Å²) in [6.07, 6.45) is 6.41. The molecule has 0 aliphatic heterocycles. The first-order chi connectivity index (χ1) is 13.1. The number of aliphatic hydroxyl groups excluding tert-OH is 1. The highest BCUT2D eigenvalue weighted by molar-refractivity contribution is 5.70. The number of rotatable bonds is 2. The van der Waals surface area contributed by atoms with Crippen LogP contribution in [0.1, 0.15) is 67.9 Å². The monoisotopic (exact) mass is 366 g/mol. The van der Waals surface area contributed by atoms with Gasteiger partial charge in [-0.2, -0.15) is 0 Å². The molecule has 1 heterocycles. The molecule has 142 valence electrons. The largest absolute Gasteiger partial charge is 0.497 e. The predicted octanol–water partition coefficient (Wildman–Crippen LogP) is 4.37. The number of furan rings is 1. The van der Waals surface area contributed by atoms with Gasteiger partial charge in [0.25, 0.3) is 0 Å². The summed E-state index contributed by atoms with van der Waals surface area (Å²) in [6.45, 7) is 0. The molecule has 1 aromatic carbocycles. The lowest BCUT2D eigenvalue weighted by atomic mass is 9.85. The topological polar surface area (TPSA) is 62.8 Å². The van der Waals surface area contributed by atoms with Gasteiger partial charge in [-0.25, -0.2) is 0 Å². The van der Waals surface area contributed by atoms with Crippen molar-refractivity contribution in [2.45, 2.75) is 63.1 Å². The second-order valence-corrected chi connectivity index (χ2v) is 7.63. The molecule has 2 N–H and O–H groups in total. The zero-order valence-electron chi connectivity index (χ0n) is 15.8. The van der Waals surface area contributed by atoms with Gasteiger partial charge in [0.2, 0.25) is 0 Å². The zero-order chi connectivity index (χ0) is 18.9. The fraction of sp³-hybridized carbons (Fsp3) is 0.478. The Morgan fingerprint density at radius 3 is 2.78 bits per heavy atom. The van der Waals surface area contributed by atoms with Crippen molar-refractivity contribution in [3.05, 3.63) is 41.2 Å². The lowest BCUT2D eigenvalue weighted by molar-refractivity contribution is 0.0610. The summed E-state index contributed by atoms with van der Waals surface area (Å²) < 4.78 is 11.5. The van der Waals surface area contributed by atoms with Gasteiger partial charge in [0.05, 0.1) is 18.8 Å². The minimum atomic E-state index is -0.937. The number of aryl methyl sites for hydroxylation is 1. The van der Waals surface area contributed by atoms with Crippen molar-refractivity contribution in [2.24, 2.45) is 0 Å². The van der Waals surface area contributed by atoms with Crippen molar-refractivity contribution in [1.29, 1.82) is 0 Å². The lowest BCUT2D eigenvalue weighted by Gasteiger charge is -2.26. The summed E-state index contributed by atoms with van der Waals surface area (Å²) >= 11 is 0. The molecule has 27 heavy (non-hydrogen) atoms. The third-order valence-corrected chi connectivity index (χ3v) is 5.67. The lowest BCUT2D eigenvalue weighted by Crippen LogP contribution is -2.29. The maximum absolute atomic E-state index is 10.8. The van der Waals surface area contributed by atoms with E-state index in [0.29, 0.717) is 30.6 Å². The van der Waals surface area contributed by atoms with Gasteiger partial charge in [0.1, 0.15) is 22.9 Å². The normalized spacial score (nSPS) is 21.1. The fourth-order valence-corrected chi connectivity index (χ4v) is 4.16. The van der Waals surface area contributed by atoms with E-state index in [2.05, 4.69) is 11.8 Å². The number of ether oxygens (including phenoxy) is 1. The van der Waals surface area contributed by atoms with Gasteiger partial charge >= 0.3 is 0 Å². The maximum Gasteiger partial charge on any atom is 0.150 e. The molecule has 2 aromatic rings. The number of aliphatic hydroxyl groups is 2. The van der Waals surface area contributed by atoms with Gasteiger partial charge in [-0.15, -0.1) is 0 Å². The second-order valence-electron chi connectivity index (χ2n) is 7.63. The molecule has 0 bridgehead atoms. The summed E-state index contributed by atoms with van der Waals surface area (Å²) in [6, 6.07) is 7.67. The van der Waals surface area contributed by atoms with Crippen LogP contribution >= 0.6 is 0 Å². The summed E-state index contributed by atoms with van der Waals surface area (Å²) in [5.74, 6) is 8.53. The molecule has 1 aromatic heterocycles. The average molecular weight is 366 g/mol. The Labute approximate surface area is 160 Å². The molecule has 0 amide bonds. The second kappa shape index (κ2) is 7.42. The van der Waals surface area contributed by atoms with Crippen LogP contribution in [0.15, 0.2) is 28.7 Å². The molecule has 0 radical (unpaired) electrons. The number of hydrogen-bond donors (Lipinski definition) is 2. The molecule has 1 fully saturated rings. The van der Waals surface area contributed by atoms with E-state index in [-0.39, 0.29) is 0 Å². The summed E-state index contributed by atoms with van der Waals surface area (Å²) in [5.41, 5.74) is 1.44. The van der Waals surface area contributed by atoms with Crippen molar-refractivity contribution in [1.82, 2.24) is 0 Å². The van der Waals surface area contributed by atoms with Crippen LogP contribution in [0.25, 0.3) is 11.3 Å². The van der Waals surface area contributed by atoms with Crippen LogP contribution < -0.4 is 4.74 Å². The summed E-state index contributed by atoms with van der Waals surface area (Å²) in [5, 5.41) is 21.4. The van der Waals surface area contributed by atoms with E-state index in [1.807, 2.05) is 24.3 Å². The molecule has 4 heteroatoms. The Bertz CT molecular complexity index is 878. The van der Waals surface area contributed by atoms with Gasteiger partial charge in [-0.3, -0.25) is 0 Å². The molecule has 1 atom stereocenters. The molecule has 4 nitrogen and oxygen atoms in total. The summed E-state index contributed by atoms with van der Waals surface area (Å²) in [4.78, 5) is 0. The van der Waals surface area contributed by atoms with Gasteiger partial charge in [-0.05, 0) is 50.7 Å². The van der Waals surface area contributed by atoms with Crippen LogP contribution in [0.4, 0.5) is 0 Å². The number of methoxy groups -OCH3 is 1. The number of fused-ring (bicyclic) bond motifs is 1. The summed E-state index contributed by atoms with van der Waals surface area (Å²) in [7, 11) is 1.63. The first kappa shape index (κ1) is 18.2. The first-order valence-electron chi connectivity index (χ1n) is 9.83. The van der Waals surface area contributed by atoms with Crippen molar-refractivity contribution in [2.75, 3.05) is 7.11 Å². The number of benzene rings is 1. The van der Waals surface area contributed by atoms with E-state index < -0.39 is 11.7 Å². The first-order valence-corrected chi connectivity index (χ1v) is 9.83. The van der Waals surface area contributed by atoms with E-state index in [1.165, 1.54) is 0 Å². The highest BCUT2D eigenvalue weighted by Crippen LogP contribution is 2.40. The molecular formula is C23H26O4. The molecule has 2 aliphatic carbocycles. The van der Waals surface area contributed by atoms with Crippen molar-refractivity contribution < 1.29 is 19.4 Å². The average Bonchev–Trinajstić information content (AvgIpc) is 3.07. The minimum Gasteiger partial charge on any atom is -0.497 e. The fourth-order valence-electron chi connectivity index (χ4n) is 4.16. The van der Waals surface area contributed by atoms with Crippen LogP contribution in [-0.4, -0.2) is 22.9 Å². The molecule has 0 spiro atoms. The predicted molar refractivity (Wildman–Crippen MR) is 104 cm³/mol. The highest BCUT2D eigenvalue weighted by Gasteiger charge is 2.30. The van der Waals surface area contributed by atoms with Gasteiger partial charge < -0.3 is 19.4 Å². The Hall–Kier alpha value is -2.22. The third kappa shape index (κ3) is 3.63. The molecule has 0 saturated heterocycles. The van der Waals surface area contributed by atoms with Gasteiger partial charge in [-0.1, -0.05) is 30.4 Å². The Morgan fingerprint density at radius 2 is 2.00 bits per heavy atom. The molecule has 1 saturated carbocycles. The molecule has 1 unspecified atom stereocenters. The van der Waals surface area contributed by atoms with Crippen LogP contribution in [-0.2, 0) is 6.42 Å². The zero-order valence-corrected chi connectivity index (χ0v) is 15.8. The molecule has 4 rings (SSSR count). The SMILES string of the molecule is COc1cccc(-c2oc3c(c2C#CC2(O)CCCCC2)C(O)CCC3)c1. The molecular weight excluding hydrogens is 340 g/mol. The Morgan fingerprint density at radius 1 is 1.19 bits per heavy atom. The maximum atomic E-state index is 10.8. The highest BCUT2D eigenvalue weighted by atomic mass is 16.5. The Balaban J connectivity index is 1.82. The van der Waals surface area contributed by atoms with Crippen molar-refractivity contribution in [3.8, 4) is 28.9 Å². The van der Waals surface area contributed by atoms with E-state index in [4.69, 9.17) is 9.15 Å². The van der Waals surface area contributed by atoms with Crippen molar-refractivity contribution >= 4 is 0 Å². The smallest absolute Gasteiger partial charge is 0.150 e. The molecule has 2 aliphatic rings. The van der Waals surface area contributed by atoms with Crippen molar-refractivity contribution in [3.63, 3.8) is 0 Å². The van der Waals surface area contributed by atoms with Crippen LogP contribution in [0.2, 0.25) is 0 Å². The van der Waals surface area contributed by atoms with Crippen LogP contribution in [0, 0.1) is 11.8 Å².